The van der Waals surface area contributed by atoms with Crippen LogP contribution in [0, 0.1) is 5.82 Å². The van der Waals surface area contributed by atoms with Crippen LogP contribution in [-0.2, 0) is 0 Å². The van der Waals surface area contributed by atoms with Gasteiger partial charge in [0.2, 0.25) is 0 Å². The number of pyridine rings is 1. The molecule has 0 aliphatic rings. The minimum atomic E-state index is -0.370. The van der Waals surface area contributed by atoms with Gasteiger partial charge >= 0.3 is 0 Å². The fraction of sp³-hybridized carbons (Fsp3) is 0.0526. The van der Waals surface area contributed by atoms with Crippen LogP contribution in [0.5, 0.6) is 0 Å². The Morgan fingerprint density at radius 3 is 2.26 bits per heavy atom. The van der Waals surface area contributed by atoms with E-state index in [9.17, 15) is 9.18 Å². The number of nitrogens with zero attached hydrogens (tertiary/aromatic N) is 1. The fourth-order valence-corrected chi connectivity index (χ4v) is 2.34. The lowest BCUT2D eigenvalue weighted by Crippen LogP contribution is -2.29. The van der Waals surface area contributed by atoms with Crippen LogP contribution in [0.25, 0.3) is 0 Å². The molecule has 0 saturated carbocycles. The maximum absolute atomic E-state index is 13.0. The third-order valence-corrected chi connectivity index (χ3v) is 3.50. The molecule has 1 unspecified atom stereocenters. The van der Waals surface area contributed by atoms with Crippen molar-refractivity contribution < 1.29 is 9.18 Å². The zero-order valence-electron chi connectivity index (χ0n) is 12.3. The summed E-state index contributed by atoms with van der Waals surface area (Å²) in [5.41, 5.74) is 2.08. The van der Waals surface area contributed by atoms with Crippen molar-refractivity contribution >= 4 is 5.91 Å². The number of benzene rings is 2. The molecule has 1 heterocycles. The highest BCUT2D eigenvalue weighted by Gasteiger charge is 2.18. The van der Waals surface area contributed by atoms with Gasteiger partial charge in [-0.25, -0.2) is 4.39 Å². The highest BCUT2D eigenvalue weighted by molar-refractivity contribution is 5.94. The van der Waals surface area contributed by atoms with Crippen molar-refractivity contribution in [3.8, 4) is 0 Å². The predicted octanol–water partition coefficient (Wildman–Crippen LogP) is 3.74. The van der Waals surface area contributed by atoms with Crippen molar-refractivity contribution in [2.45, 2.75) is 6.04 Å². The largest absolute Gasteiger partial charge is 0.340 e. The lowest BCUT2D eigenvalue weighted by atomic mass is 10.0. The van der Waals surface area contributed by atoms with Gasteiger partial charge in [-0.15, -0.1) is 0 Å². The van der Waals surface area contributed by atoms with Gasteiger partial charge in [0.05, 0.1) is 11.7 Å². The second kappa shape index (κ2) is 6.83. The van der Waals surface area contributed by atoms with Gasteiger partial charge in [-0.05, 0) is 42.0 Å². The van der Waals surface area contributed by atoms with Crippen molar-refractivity contribution in [3.63, 3.8) is 0 Å². The molecule has 0 fully saturated rings. The van der Waals surface area contributed by atoms with E-state index in [-0.39, 0.29) is 17.8 Å². The summed E-state index contributed by atoms with van der Waals surface area (Å²) in [6, 6.07) is 20.3. The van der Waals surface area contributed by atoms with Crippen LogP contribution in [0.1, 0.15) is 27.7 Å². The van der Waals surface area contributed by atoms with Gasteiger partial charge in [-0.2, -0.15) is 0 Å². The maximum atomic E-state index is 13.0. The second-order valence-corrected chi connectivity index (χ2v) is 5.08. The summed E-state index contributed by atoms with van der Waals surface area (Å²) in [4.78, 5) is 16.8. The Morgan fingerprint density at radius 1 is 0.913 bits per heavy atom. The van der Waals surface area contributed by atoms with E-state index in [1.54, 1.807) is 6.20 Å². The number of aromatic nitrogens is 1. The molecule has 3 nitrogen and oxygen atoms in total. The standard InChI is InChI=1S/C19H15FN2O/c20-16-11-9-15(10-12-16)19(23)22-18(14-6-2-1-3-7-14)17-8-4-5-13-21-17/h1-13,18H,(H,22,23). The molecule has 23 heavy (non-hydrogen) atoms. The Labute approximate surface area is 133 Å². The average Bonchev–Trinajstić information content (AvgIpc) is 2.61. The molecule has 114 valence electrons. The molecular formula is C19H15FN2O. The molecule has 0 aliphatic carbocycles. The number of amides is 1. The average molecular weight is 306 g/mol. The Kier molecular flexibility index (Phi) is 4.43. The lowest BCUT2D eigenvalue weighted by molar-refractivity contribution is 0.0942. The molecule has 3 rings (SSSR count). The van der Waals surface area contributed by atoms with E-state index in [1.807, 2.05) is 48.5 Å². The molecule has 1 N–H and O–H groups in total. The molecular weight excluding hydrogens is 291 g/mol. The smallest absolute Gasteiger partial charge is 0.252 e. The van der Waals surface area contributed by atoms with Crippen LogP contribution in [0.3, 0.4) is 0 Å². The summed E-state index contributed by atoms with van der Waals surface area (Å²) >= 11 is 0. The van der Waals surface area contributed by atoms with E-state index in [0.717, 1.165) is 11.3 Å². The van der Waals surface area contributed by atoms with Gasteiger partial charge in [0.25, 0.3) is 5.91 Å². The summed E-state index contributed by atoms with van der Waals surface area (Å²) in [6.45, 7) is 0. The number of halogens is 1. The predicted molar refractivity (Wildman–Crippen MR) is 86.4 cm³/mol. The van der Waals surface area contributed by atoms with Gasteiger partial charge in [-0.3, -0.25) is 9.78 Å². The molecule has 3 aromatic rings. The zero-order chi connectivity index (χ0) is 16.1. The molecule has 4 heteroatoms. The van der Waals surface area contributed by atoms with Gasteiger partial charge in [0.15, 0.2) is 0 Å². The van der Waals surface area contributed by atoms with E-state index >= 15 is 0 Å². The Morgan fingerprint density at radius 2 is 1.61 bits per heavy atom. The number of carbonyl (C=O) groups excluding carboxylic acids is 1. The van der Waals surface area contributed by atoms with E-state index in [1.165, 1.54) is 24.3 Å². The molecule has 0 aliphatic heterocycles. The van der Waals surface area contributed by atoms with E-state index in [4.69, 9.17) is 0 Å². The zero-order valence-corrected chi connectivity index (χ0v) is 12.3. The van der Waals surface area contributed by atoms with Crippen molar-refractivity contribution in [3.05, 3.63) is 102 Å². The summed E-state index contributed by atoms with van der Waals surface area (Å²) in [6.07, 6.45) is 1.69. The van der Waals surface area contributed by atoms with Gasteiger partial charge in [-0.1, -0.05) is 36.4 Å². The normalized spacial score (nSPS) is 11.7. The summed E-state index contributed by atoms with van der Waals surface area (Å²) in [5.74, 6) is -0.643. The molecule has 2 aromatic carbocycles. The van der Waals surface area contributed by atoms with Crippen molar-refractivity contribution in [1.29, 1.82) is 0 Å². The Balaban J connectivity index is 1.90. The molecule has 1 amide bonds. The molecule has 0 bridgehead atoms. The second-order valence-electron chi connectivity index (χ2n) is 5.08. The number of carbonyl (C=O) groups is 1. The van der Waals surface area contributed by atoms with Crippen molar-refractivity contribution in [2.75, 3.05) is 0 Å². The number of nitrogens with one attached hydrogen (secondary N) is 1. The molecule has 0 spiro atoms. The van der Waals surface area contributed by atoms with Crippen LogP contribution in [0.4, 0.5) is 4.39 Å². The van der Waals surface area contributed by atoms with Gasteiger partial charge in [0.1, 0.15) is 5.82 Å². The van der Waals surface area contributed by atoms with E-state index in [2.05, 4.69) is 10.3 Å². The number of rotatable bonds is 4. The summed E-state index contributed by atoms with van der Waals surface area (Å²) in [7, 11) is 0. The lowest BCUT2D eigenvalue weighted by Gasteiger charge is -2.19. The third-order valence-electron chi connectivity index (χ3n) is 3.50. The first-order valence-electron chi connectivity index (χ1n) is 7.26. The van der Waals surface area contributed by atoms with Crippen molar-refractivity contribution in [1.82, 2.24) is 10.3 Å². The summed E-state index contributed by atoms with van der Waals surface area (Å²) < 4.78 is 13.0. The monoisotopic (exact) mass is 306 g/mol. The highest BCUT2D eigenvalue weighted by Crippen LogP contribution is 2.20. The summed E-state index contributed by atoms with van der Waals surface area (Å²) in [5, 5.41) is 2.96. The topological polar surface area (TPSA) is 42.0 Å². The minimum absolute atomic E-state index is 0.274. The first-order chi connectivity index (χ1) is 11.2. The highest BCUT2D eigenvalue weighted by atomic mass is 19.1. The SMILES string of the molecule is O=C(NC(c1ccccc1)c1ccccn1)c1ccc(F)cc1. The first kappa shape index (κ1) is 14.9. The van der Waals surface area contributed by atoms with Gasteiger partial charge in [0, 0.05) is 11.8 Å². The minimum Gasteiger partial charge on any atom is -0.340 e. The third kappa shape index (κ3) is 3.61. The molecule has 1 atom stereocenters. The van der Waals surface area contributed by atoms with Gasteiger partial charge < -0.3 is 5.32 Å². The molecule has 0 radical (unpaired) electrons. The Hall–Kier alpha value is -3.01. The Bertz CT molecular complexity index is 734. The quantitative estimate of drug-likeness (QED) is 0.798. The first-order valence-corrected chi connectivity index (χ1v) is 7.26. The molecule has 0 saturated heterocycles. The maximum Gasteiger partial charge on any atom is 0.252 e. The van der Waals surface area contributed by atoms with Crippen LogP contribution in [0.2, 0.25) is 0 Å². The van der Waals surface area contributed by atoms with Crippen LogP contribution >= 0.6 is 0 Å². The van der Waals surface area contributed by atoms with E-state index in [0.29, 0.717) is 5.56 Å². The van der Waals surface area contributed by atoms with Crippen molar-refractivity contribution in [2.24, 2.45) is 0 Å². The fourth-order valence-electron chi connectivity index (χ4n) is 2.34. The number of hydrogen-bond acceptors (Lipinski definition) is 2. The number of hydrogen-bond donors (Lipinski definition) is 1. The van der Waals surface area contributed by atoms with E-state index < -0.39 is 0 Å². The van der Waals surface area contributed by atoms with Crippen LogP contribution in [-0.4, -0.2) is 10.9 Å². The van der Waals surface area contributed by atoms with Crippen LogP contribution < -0.4 is 5.32 Å². The van der Waals surface area contributed by atoms with Crippen LogP contribution in [0.15, 0.2) is 79.0 Å². The molecule has 1 aromatic heterocycles.